The lowest BCUT2D eigenvalue weighted by Crippen LogP contribution is -2.45. The van der Waals surface area contributed by atoms with Crippen molar-refractivity contribution in [3.63, 3.8) is 0 Å². The number of carboxylic acid groups (broad SMARTS) is 1. The average Bonchev–Trinajstić information content (AvgIpc) is 2.88. The van der Waals surface area contributed by atoms with Crippen LogP contribution in [0.25, 0.3) is 0 Å². The van der Waals surface area contributed by atoms with Crippen LogP contribution in [-0.2, 0) is 9.53 Å². The molecule has 1 aromatic heterocycles. The lowest BCUT2D eigenvalue weighted by atomic mass is 9.74. The molecule has 0 aromatic carbocycles. The van der Waals surface area contributed by atoms with Crippen LogP contribution in [0.15, 0.2) is 18.7 Å². The maximum absolute atomic E-state index is 12.4. The van der Waals surface area contributed by atoms with Crippen molar-refractivity contribution in [2.75, 3.05) is 26.3 Å². The van der Waals surface area contributed by atoms with E-state index in [0.29, 0.717) is 31.7 Å². The summed E-state index contributed by atoms with van der Waals surface area (Å²) in [5.74, 6) is -1.21. The average molecular weight is 277 g/mol. The summed E-state index contributed by atoms with van der Waals surface area (Å²) >= 11 is 0. The number of fused-ring (bicyclic) bond motifs is 1. The molecule has 1 aromatic rings. The molecule has 2 aliphatic heterocycles. The maximum atomic E-state index is 12.4. The highest BCUT2D eigenvalue weighted by atomic mass is 16.5. The first kappa shape index (κ1) is 13.0. The van der Waals surface area contributed by atoms with Crippen LogP contribution in [0, 0.1) is 11.3 Å². The molecule has 106 valence electrons. The van der Waals surface area contributed by atoms with Gasteiger partial charge in [0.1, 0.15) is 6.33 Å². The molecule has 2 aliphatic rings. The van der Waals surface area contributed by atoms with Gasteiger partial charge in [0.05, 0.1) is 17.6 Å². The molecule has 1 amide bonds. The zero-order valence-corrected chi connectivity index (χ0v) is 10.9. The van der Waals surface area contributed by atoms with Gasteiger partial charge in [-0.05, 0) is 6.42 Å². The van der Waals surface area contributed by atoms with Crippen LogP contribution in [0.4, 0.5) is 0 Å². The largest absolute Gasteiger partial charge is 0.481 e. The Morgan fingerprint density at radius 1 is 1.40 bits per heavy atom. The predicted molar refractivity (Wildman–Crippen MR) is 66.9 cm³/mol. The molecule has 0 spiro atoms. The number of rotatable bonds is 2. The number of carboxylic acids is 1. The van der Waals surface area contributed by atoms with E-state index in [1.165, 1.54) is 18.7 Å². The lowest BCUT2D eigenvalue weighted by molar-refractivity contribution is -0.157. The molecule has 0 unspecified atom stereocenters. The molecular formula is C13H15N3O4. The Labute approximate surface area is 115 Å². The second-order valence-electron chi connectivity index (χ2n) is 5.30. The predicted octanol–water partition coefficient (Wildman–Crippen LogP) is 0.0399. The monoisotopic (exact) mass is 277 g/mol. The Morgan fingerprint density at radius 3 is 2.80 bits per heavy atom. The van der Waals surface area contributed by atoms with Crippen molar-refractivity contribution in [2.45, 2.75) is 6.42 Å². The number of carbonyl (C=O) groups is 2. The summed E-state index contributed by atoms with van der Waals surface area (Å²) in [5.41, 5.74) is -0.489. The number of nitrogens with zero attached hydrogens (tertiary/aromatic N) is 3. The SMILES string of the molecule is O=C(c1cncnc1)N1C[C@H]2COCC[C@@]2(C(=O)O)C1. The van der Waals surface area contributed by atoms with Crippen LogP contribution in [0.2, 0.25) is 0 Å². The molecule has 3 heterocycles. The van der Waals surface area contributed by atoms with Gasteiger partial charge in [0.25, 0.3) is 5.91 Å². The minimum Gasteiger partial charge on any atom is -0.481 e. The summed E-state index contributed by atoms with van der Waals surface area (Å²) in [6, 6.07) is 0. The van der Waals surface area contributed by atoms with Gasteiger partial charge in [0.15, 0.2) is 0 Å². The third kappa shape index (κ3) is 1.94. The molecule has 7 nitrogen and oxygen atoms in total. The van der Waals surface area contributed by atoms with E-state index < -0.39 is 11.4 Å². The van der Waals surface area contributed by atoms with E-state index in [-0.39, 0.29) is 18.4 Å². The highest BCUT2D eigenvalue weighted by Gasteiger charge is 2.54. The van der Waals surface area contributed by atoms with Crippen LogP contribution >= 0.6 is 0 Å². The molecule has 1 N–H and O–H groups in total. The van der Waals surface area contributed by atoms with Gasteiger partial charge in [0, 0.05) is 38.0 Å². The van der Waals surface area contributed by atoms with Gasteiger partial charge in [-0.2, -0.15) is 0 Å². The molecule has 2 fully saturated rings. The highest BCUT2D eigenvalue weighted by molar-refractivity contribution is 5.94. The molecule has 0 radical (unpaired) electrons. The molecule has 0 bridgehead atoms. The zero-order valence-electron chi connectivity index (χ0n) is 10.9. The summed E-state index contributed by atoms with van der Waals surface area (Å²) < 4.78 is 5.37. The molecule has 2 saturated heterocycles. The number of hydrogen-bond donors (Lipinski definition) is 1. The van der Waals surface area contributed by atoms with E-state index in [2.05, 4.69) is 9.97 Å². The third-order valence-electron chi connectivity index (χ3n) is 4.23. The van der Waals surface area contributed by atoms with Gasteiger partial charge < -0.3 is 14.7 Å². The second kappa shape index (κ2) is 4.82. The summed E-state index contributed by atoms with van der Waals surface area (Å²) in [7, 11) is 0. The number of aromatic nitrogens is 2. The van der Waals surface area contributed by atoms with Crippen LogP contribution in [-0.4, -0.2) is 58.2 Å². The highest BCUT2D eigenvalue weighted by Crippen LogP contribution is 2.42. The minimum absolute atomic E-state index is 0.151. The molecular weight excluding hydrogens is 262 g/mol. The van der Waals surface area contributed by atoms with E-state index in [4.69, 9.17) is 4.74 Å². The van der Waals surface area contributed by atoms with E-state index >= 15 is 0 Å². The van der Waals surface area contributed by atoms with Crippen molar-refractivity contribution in [2.24, 2.45) is 11.3 Å². The first-order valence-corrected chi connectivity index (χ1v) is 6.49. The van der Waals surface area contributed by atoms with Gasteiger partial charge in [-0.3, -0.25) is 9.59 Å². The second-order valence-corrected chi connectivity index (χ2v) is 5.30. The van der Waals surface area contributed by atoms with E-state index in [1.54, 1.807) is 4.90 Å². The smallest absolute Gasteiger partial charge is 0.311 e. The number of carbonyl (C=O) groups excluding carboxylic acids is 1. The zero-order chi connectivity index (χ0) is 14.2. The van der Waals surface area contributed by atoms with Crippen LogP contribution < -0.4 is 0 Å². The van der Waals surface area contributed by atoms with E-state index in [9.17, 15) is 14.7 Å². The standard InChI is InChI=1S/C13H15N3O4/c17-11(9-3-14-8-15-4-9)16-5-10-6-20-2-1-13(10,7-16)12(18)19/h3-4,8,10H,1-2,5-7H2,(H,18,19)/t10-,13+/m0/s1. The van der Waals surface area contributed by atoms with Gasteiger partial charge in [-0.25, -0.2) is 9.97 Å². The van der Waals surface area contributed by atoms with Gasteiger partial charge in [-0.1, -0.05) is 0 Å². The molecule has 3 rings (SSSR count). The van der Waals surface area contributed by atoms with Gasteiger partial charge in [0.2, 0.25) is 0 Å². The van der Waals surface area contributed by atoms with Crippen molar-refractivity contribution in [1.82, 2.24) is 14.9 Å². The van der Waals surface area contributed by atoms with Gasteiger partial charge >= 0.3 is 5.97 Å². The molecule has 7 heteroatoms. The quantitative estimate of drug-likeness (QED) is 0.820. The van der Waals surface area contributed by atoms with Crippen molar-refractivity contribution >= 4 is 11.9 Å². The minimum atomic E-state index is -0.871. The Hall–Kier alpha value is -2.02. The Bertz CT molecular complexity index is 536. The Kier molecular flexibility index (Phi) is 3.13. The Balaban J connectivity index is 1.84. The van der Waals surface area contributed by atoms with Crippen molar-refractivity contribution in [3.8, 4) is 0 Å². The topological polar surface area (TPSA) is 92.6 Å². The third-order valence-corrected chi connectivity index (χ3v) is 4.23. The fourth-order valence-electron chi connectivity index (χ4n) is 3.05. The Morgan fingerprint density at radius 2 is 2.15 bits per heavy atom. The van der Waals surface area contributed by atoms with Crippen molar-refractivity contribution in [3.05, 3.63) is 24.3 Å². The number of likely N-dealkylation sites (tertiary alicyclic amines) is 1. The summed E-state index contributed by atoms with van der Waals surface area (Å²) in [6.45, 7) is 1.45. The van der Waals surface area contributed by atoms with Gasteiger partial charge in [-0.15, -0.1) is 0 Å². The summed E-state index contributed by atoms with van der Waals surface area (Å²) in [4.78, 5) is 33.2. The van der Waals surface area contributed by atoms with Crippen LogP contribution in [0.5, 0.6) is 0 Å². The normalized spacial score (nSPS) is 29.0. The van der Waals surface area contributed by atoms with Crippen molar-refractivity contribution in [1.29, 1.82) is 0 Å². The maximum Gasteiger partial charge on any atom is 0.311 e. The van der Waals surface area contributed by atoms with Crippen LogP contribution in [0.3, 0.4) is 0 Å². The number of hydrogen-bond acceptors (Lipinski definition) is 5. The molecule has 0 aliphatic carbocycles. The lowest BCUT2D eigenvalue weighted by Gasteiger charge is -2.33. The summed E-state index contributed by atoms with van der Waals surface area (Å²) in [6.07, 6.45) is 4.69. The van der Waals surface area contributed by atoms with Crippen LogP contribution in [0.1, 0.15) is 16.8 Å². The number of ether oxygens (including phenoxy) is 1. The number of aliphatic carboxylic acids is 1. The van der Waals surface area contributed by atoms with E-state index in [1.807, 2.05) is 0 Å². The summed E-state index contributed by atoms with van der Waals surface area (Å²) in [5, 5.41) is 9.55. The fraction of sp³-hybridized carbons (Fsp3) is 0.538. The first-order chi connectivity index (χ1) is 9.63. The fourth-order valence-corrected chi connectivity index (χ4v) is 3.05. The van der Waals surface area contributed by atoms with E-state index in [0.717, 1.165) is 0 Å². The molecule has 2 atom stereocenters. The first-order valence-electron chi connectivity index (χ1n) is 6.49. The number of amides is 1. The van der Waals surface area contributed by atoms with Crippen molar-refractivity contribution < 1.29 is 19.4 Å². The molecule has 0 saturated carbocycles. The molecule has 20 heavy (non-hydrogen) atoms.